The molecule has 2 amide bonds. The highest BCUT2D eigenvalue weighted by atomic mass is 16.3. The fourth-order valence-corrected chi connectivity index (χ4v) is 4.41. The molecular formula is C27H29N3O4. The van der Waals surface area contributed by atoms with Crippen LogP contribution in [0.25, 0.3) is 0 Å². The van der Waals surface area contributed by atoms with E-state index in [2.05, 4.69) is 15.6 Å². The maximum atomic E-state index is 13.3. The smallest absolute Gasteiger partial charge is 0.269 e. The minimum absolute atomic E-state index is 0.00284. The molecule has 2 aromatic carbocycles. The van der Waals surface area contributed by atoms with E-state index >= 15 is 0 Å². The largest absolute Gasteiger partial charge is 0.391 e. The van der Waals surface area contributed by atoms with Gasteiger partial charge in [-0.15, -0.1) is 0 Å². The number of aliphatic hydroxyl groups excluding tert-OH is 2. The summed E-state index contributed by atoms with van der Waals surface area (Å²) >= 11 is 0. The van der Waals surface area contributed by atoms with Gasteiger partial charge in [0.2, 0.25) is 5.91 Å². The van der Waals surface area contributed by atoms with Crippen molar-refractivity contribution in [3.05, 3.63) is 101 Å². The number of hydrogen-bond acceptors (Lipinski definition) is 5. The second-order valence-corrected chi connectivity index (χ2v) is 8.66. The molecule has 4 N–H and O–H groups in total. The molecule has 1 heterocycles. The monoisotopic (exact) mass is 459 g/mol. The lowest BCUT2D eigenvalue weighted by molar-refractivity contribution is -0.127. The van der Waals surface area contributed by atoms with Crippen molar-refractivity contribution in [3.63, 3.8) is 0 Å². The number of benzene rings is 2. The van der Waals surface area contributed by atoms with E-state index in [1.165, 1.54) is 6.20 Å². The molecule has 0 saturated carbocycles. The van der Waals surface area contributed by atoms with E-state index in [1.54, 1.807) is 18.2 Å². The van der Waals surface area contributed by atoms with Crippen LogP contribution in [0.1, 0.15) is 39.6 Å². The van der Waals surface area contributed by atoms with Crippen molar-refractivity contribution >= 4 is 11.8 Å². The average molecular weight is 460 g/mol. The van der Waals surface area contributed by atoms with E-state index in [0.29, 0.717) is 12.8 Å². The third-order valence-electron chi connectivity index (χ3n) is 6.15. The van der Waals surface area contributed by atoms with Gasteiger partial charge < -0.3 is 20.8 Å². The normalized spacial score (nSPS) is 18.5. The molecule has 0 aliphatic heterocycles. The van der Waals surface area contributed by atoms with E-state index in [-0.39, 0.29) is 30.5 Å². The number of pyridine rings is 1. The van der Waals surface area contributed by atoms with Gasteiger partial charge in [0.1, 0.15) is 5.69 Å². The lowest BCUT2D eigenvalue weighted by Gasteiger charge is -2.24. The molecule has 176 valence electrons. The van der Waals surface area contributed by atoms with Crippen LogP contribution in [0.15, 0.2) is 79.0 Å². The molecule has 1 aliphatic carbocycles. The van der Waals surface area contributed by atoms with Gasteiger partial charge in [-0.3, -0.25) is 14.6 Å². The Bertz CT molecular complexity index is 1110. The lowest BCUT2D eigenvalue weighted by atomic mass is 9.92. The van der Waals surface area contributed by atoms with E-state index in [0.717, 1.165) is 16.7 Å². The van der Waals surface area contributed by atoms with E-state index < -0.39 is 24.2 Å². The second-order valence-electron chi connectivity index (χ2n) is 8.66. The van der Waals surface area contributed by atoms with Crippen LogP contribution in [0.4, 0.5) is 0 Å². The summed E-state index contributed by atoms with van der Waals surface area (Å²) in [6.07, 6.45) is 0.999. The van der Waals surface area contributed by atoms with E-state index in [4.69, 9.17) is 0 Å². The van der Waals surface area contributed by atoms with Gasteiger partial charge in [-0.2, -0.15) is 0 Å². The van der Waals surface area contributed by atoms with Crippen LogP contribution in [0.2, 0.25) is 0 Å². The minimum atomic E-state index is -0.923. The van der Waals surface area contributed by atoms with Gasteiger partial charge in [0.25, 0.3) is 5.91 Å². The molecule has 4 unspecified atom stereocenters. The van der Waals surface area contributed by atoms with Crippen molar-refractivity contribution < 1.29 is 19.8 Å². The van der Waals surface area contributed by atoms with Crippen LogP contribution in [0.5, 0.6) is 0 Å². The first-order chi connectivity index (χ1) is 16.5. The number of amides is 2. The molecule has 4 atom stereocenters. The third-order valence-corrected chi connectivity index (χ3v) is 6.15. The number of nitrogens with one attached hydrogen (secondary N) is 2. The van der Waals surface area contributed by atoms with E-state index in [9.17, 15) is 19.8 Å². The SMILES string of the molecule is O=C(NCC(O)CC(Cc1ccccc1)C(=O)NC1c2ccccc2CC1O)c1ccccn1. The summed E-state index contributed by atoms with van der Waals surface area (Å²) in [6, 6.07) is 21.8. The summed E-state index contributed by atoms with van der Waals surface area (Å²) in [5.74, 6) is -1.15. The maximum absolute atomic E-state index is 13.3. The van der Waals surface area contributed by atoms with Gasteiger partial charge in [0.15, 0.2) is 0 Å². The Morgan fingerprint density at radius 3 is 2.50 bits per heavy atom. The number of fused-ring (bicyclic) bond motifs is 1. The highest BCUT2D eigenvalue weighted by Crippen LogP contribution is 2.31. The number of rotatable bonds is 9. The summed E-state index contributed by atoms with van der Waals surface area (Å²) in [5, 5.41) is 26.9. The third kappa shape index (κ3) is 5.87. The predicted octanol–water partition coefficient (Wildman–Crippen LogP) is 2.20. The van der Waals surface area contributed by atoms with Gasteiger partial charge >= 0.3 is 0 Å². The minimum Gasteiger partial charge on any atom is -0.391 e. The Hall–Kier alpha value is -3.55. The summed E-state index contributed by atoms with van der Waals surface area (Å²) in [7, 11) is 0. The molecule has 0 spiro atoms. The number of aliphatic hydroxyl groups is 2. The quantitative estimate of drug-likeness (QED) is 0.392. The van der Waals surface area contributed by atoms with Gasteiger partial charge in [-0.1, -0.05) is 60.7 Å². The molecular weight excluding hydrogens is 430 g/mol. The fourth-order valence-electron chi connectivity index (χ4n) is 4.41. The Labute approximate surface area is 198 Å². The molecule has 7 nitrogen and oxygen atoms in total. The molecule has 1 aliphatic rings. The number of carbonyl (C=O) groups excluding carboxylic acids is 2. The molecule has 3 aromatic rings. The number of nitrogens with zero attached hydrogens (tertiary/aromatic N) is 1. The Balaban J connectivity index is 1.42. The highest BCUT2D eigenvalue weighted by molar-refractivity contribution is 5.92. The van der Waals surface area contributed by atoms with Gasteiger partial charge in [0, 0.05) is 25.1 Å². The zero-order valence-electron chi connectivity index (χ0n) is 18.8. The Kier molecular flexibility index (Phi) is 7.67. The Morgan fingerprint density at radius 2 is 1.74 bits per heavy atom. The van der Waals surface area contributed by atoms with Gasteiger partial charge in [0.05, 0.1) is 18.2 Å². The van der Waals surface area contributed by atoms with Crippen LogP contribution in [-0.2, 0) is 17.6 Å². The van der Waals surface area contributed by atoms with Gasteiger partial charge in [-0.05, 0) is 41.7 Å². The van der Waals surface area contributed by atoms with Gasteiger partial charge in [-0.25, -0.2) is 0 Å². The zero-order valence-corrected chi connectivity index (χ0v) is 18.8. The van der Waals surface area contributed by atoms with Crippen molar-refractivity contribution in [1.29, 1.82) is 0 Å². The predicted molar refractivity (Wildman–Crippen MR) is 128 cm³/mol. The van der Waals surface area contributed by atoms with Crippen LogP contribution in [0.3, 0.4) is 0 Å². The Morgan fingerprint density at radius 1 is 1.00 bits per heavy atom. The lowest BCUT2D eigenvalue weighted by Crippen LogP contribution is -2.41. The highest BCUT2D eigenvalue weighted by Gasteiger charge is 2.34. The molecule has 7 heteroatoms. The number of aromatic nitrogens is 1. The van der Waals surface area contributed by atoms with Crippen molar-refractivity contribution in [2.45, 2.75) is 37.5 Å². The van der Waals surface area contributed by atoms with Crippen LogP contribution >= 0.6 is 0 Å². The van der Waals surface area contributed by atoms with Crippen molar-refractivity contribution in [2.24, 2.45) is 5.92 Å². The number of carbonyl (C=O) groups is 2. The van der Waals surface area contributed by atoms with Crippen LogP contribution in [0, 0.1) is 5.92 Å². The molecule has 0 bridgehead atoms. The summed E-state index contributed by atoms with van der Waals surface area (Å²) in [4.78, 5) is 29.6. The van der Waals surface area contributed by atoms with Crippen LogP contribution < -0.4 is 10.6 Å². The zero-order chi connectivity index (χ0) is 23.9. The van der Waals surface area contributed by atoms with E-state index in [1.807, 2.05) is 54.6 Å². The molecule has 1 aromatic heterocycles. The first-order valence-corrected chi connectivity index (χ1v) is 11.5. The topological polar surface area (TPSA) is 112 Å². The number of hydrogen-bond donors (Lipinski definition) is 4. The maximum Gasteiger partial charge on any atom is 0.269 e. The van der Waals surface area contributed by atoms with Crippen LogP contribution in [-0.4, -0.2) is 45.8 Å². The summed E-state index contributed by atoms with van der Waals surface area (Å²) in [6.45, 7) is 0.00284. The van der Waals surface area contributed by atoms with Crippen molar-refractivity contribution in [2.75, 3.05) is 6.54 Å². The molecule has 0 radical (unpaired) electrons. The molecule has 0 fully saturated rings. The molecule has 34 heavy (non-hydrogen) atoms. The molecule has 4 rings (SSSR count). The fraction of sp³-hybridized carbons (Fsp3) is 0.296. The summed E-state index contributed by atoms with van der Waals surface area (Å²) in [5.41, 5.74) is 3.18. The van der Waals surface area contributed by atoms with Crippen molar-refractivity contribution in [3.8, 4) is 0 Å². The average Bonchev–Trinajstić information content (AvgIpc) is 3.18. The second kappa shape index (κ2) is 11.0. The first kappa shape index (κ1) is 23.6. The molecule has 0 saturated heterocycles. The van der Waals surface area contributed by atoms with Crippen molar-refractivity contribution in [1.82, 2.24) is 15.6 Å². The first-order valence-electron chi connectivity index (χ1n) is 11.5. The summed E-state index contributed by atoms with van der Waals surface area (Å²) < 4.78 is 0. The standard InChI is InChI=1S/C27H29N3O4/c31-21(17-29-27(34)23-12-6-7-13-28-23)15-20(14-18-8-2-1-3-9-18)26(33)30-25-22-11-5-4-10-19(22)16-24(25)32/h1-13,20-21,24-25,31-32H,14-17H2,(H,29,34)(H,30,33).